The van der Waals surface area contributed by atoms with Crippen LogP contribution in [0.5, 0.6) is 0 Å². The van der Waals surface area contributed by atoms with Gasteiger partial charge in [-0.05, 0) is 24.7 Å². The summed E-state index contributed by atoms with van der Waals surface area (Å²) < 4.78 is 13.7. The van der Waals surface area contributed by atoms with Gasteiger partial charge < -0.3 is 15.5 Å². The van der Waals surface area contributed by atoms with Gasteiger partial charge in [-0.15, -0.1) is 0 Å². The smallest absolute Gasteiger partial charge is 0.256 e. The quantitative estimate of drug-likeness (QED) is 0.803. The maximum atomic E-state index is 13.7. The number of anilines is 1. The Labute approximate surface area is 106 Å². The molecule has 0 bridgehead atoms. The molecule has 2 rings (SSSR count). The second-order valence-electron chi connectivity index (χ2n) is 4.47. The number of hydrogen-bond acceptors (Lipinski definition) is 3. The molecule has 0 aliphatic carbocycles. The van der Waals surface area contributed by atoms with E-state index in [9.17, 15) is 9.18 Å². The van der Waals surface area contributed by atoms with E-state index < -0.39 is 5.82 Å². The summed E-state index contributed by atoms with van der Waals surface area (Å²) in [5.41, 5.74) is 5.91. The third kappa shape index (κ3) is 2.61. The predicted molar refractivity (Wildman–Crippen MR) is 68.8 cm³/mol. The van der Waals surface area contributed by atoms with Gasteiger partial charge in [0.05, 0.1) is 5.56 Å². The number of likely N-dealkylation sites (N-methyl/N-ethyl adjacent to an activating group) is 1. The van der Waals surface area contributed by atoms with E-state index in [1.54, 1.807) is 11.0 Å². The molecule has 0 spiro atoms. The minimum Gasteiger partial charge on any atom is -0.399 e. The van der Waals surface area contributed by atoms with Crippen LogP contribution in [0.2, 0.25) is 0 Å². The number of hydrogen-bond donors (Lipinski definition) is 1. The highest BCUT2D eigenvalue weighted by atomic mass is 19.1. The topological polar surface area (TPSA) is 49.6 Å². The minimum atomic E-state index is -0.544. The number of amides is 1. The summed E-state index contributed by atoms with van der Waals surface area (Å²) in [5.74, 6) is -0.791. The number of nitrogen functional groups attached to an aromatic ring is 1. The molecule has 1 amide bonds. The van der Waals surface area contributed by atoms with Gasteiger partial charge in [0.25, 0.3) is 5.91 Å². The average Bonchev–Trinajstić information content (AvgIpc) is 2.38. The Kier molecular flexibility index (Phi) is 3.81. The Hall–Kier alpha value is -1.62. The number of nitrogens with two attached hydrogens (primary N) is 1. The van der Waals surface area contributed by atoms with Gasteiger partial charge in [-0.1, -0.05) is 6.92 Å². The molecule has 1 fully saturated rings. The van der Waals surface area contributed by atoms with Crippen molar-refractivity contribution < 1.29 is 9.18 Å². The van der Waals surface area contributed by atoms with Crippen molar-refractivity contribution in [2.24, 2.45) is 0 Å². The number of nitrogens with zero attached hydrogens (tertiary/aromatic N) is 2. The molecule has 18 heavy (non-hydrogen) atoms. The van der Waals surface area contributed by atoms with Gasteiger partial charge in [-0.2, -0.15) is 0 Å². The van der Waals surface area contributed by atoms with Crippen molar-refractivity contribution in [2.75, 3.05) is 38.5 Å². The predicted octanol–water partition coefficient (Wildman–Crippen LogP) is 1.19. The highest BCUT2D eigenvalue weighted by Gasteiger charge is 2.23. The highest BCUT2D eigenvalue weighted by Crippen LogP contribution is 2.15. The third-order valence-electron chi connectivity index (χ3n) is 3.33. The summed E-state index contributed by atoms with van der Waals surface area (Å²) in [6.45, 7) is 6.07. The average molecular weight is 251 g/mol. The molecule has 1 aliphatic rings. The fraction of sp³-hybridized carbons (Fsp3) is 0.462. The second kappa shape index (κ2) is 5.35. The van der Waals surface area contributed by atoms with Crippen molar-refractivity contribution in [3.8, 4) is 0 Å². The van der Waals surface area contributed by atoms with Crippen LogP contribution in [-0.2, 0) is 0 Å². The van der Waals surface area contributed by atoms with E-state index in [0.717, 1.165) is 19.6 Å². The van der Waals surface area contributed by atoms with Crippen LogP contribution in [0.3, 0.4) is 0 Å². The Balaban J connectivity index is 2.08. The number of halogens is 1. The summed E-state index contributed by atoms with van der Waals surface area (Å²) in [6.07, 6.45) is 0. The molecule has 0 saturated carbocycles. The molecule has 1 saturated heterocycles. The fourth-order valence-electron chi connectivity index (χ4n) is 2.14. The Morgan fingerprint density at radius 1 is 1.33 bits per heavy atom. The van der Waals surface area contributed by atoms with Crippen LogP contribution < -0.4 is 5.73 Å². The lowest BCUT2D eigenvalue weighted by Crippen LogP contribution is -2.48. The largest absolute Gasteiger partial charge is 0.399 e. The van der Waals surface area contributed by atoms with Crippen LogP contribution in [0, 0.1) is 5.82 Å². The van der Waals surface area contributed by atoms with Crippen LogP contribution in [0.1, 0.15) is 17.3 Å². The van der Waals surface area contributed by atoms with Gasteiger partial charge in [0.1, 0.15) is 5.82 Å². The van der Waals surface area contributed by atoms with E-state index in [4.69, 9.17) is 5.73 Å². The van der Waals surface area contributed by atoms with Crippen molar-refractivity contribution in [1.82, 2.24) is 9.80 Å². The molecule has 1 aromatic carbocycles. The van der Waals surface area contributed by atoms with Gasteiger partial charge in [0.2, 0.25) is 0 Å². The van der Waals surface area contributed by atoms with E-state index in [2.05, 4.69) is 11.8 Å². The van der Waals surface area contributed by atoms with E-state index in [-0.39, 0.29) is 11.5 Å². The first-order valence-electron chi connectivity index (χ1n) is 6.18. The van der Waals surface area contributed by atoms with Crippen LogP contribution in [-0.4, -0.2) is 48.4 Å². The third-order valence-corrected chi connectivity index (χ3v) is 3.33. The summed E-state index contributed by atoms with van der Waals surface area (Å²) in [4.78, 5) is 16.1. The number of piperazine rings is 1. The molecule has 4 nitrogen and oxygen atoms in total. The second-order valence-corrected chi connectivity index (χ2v) is 4.47. The van der Waals surface area contributed by atoms with Crippen LogP contribution in [0.15, 0.2) is 18.2 Å². The molecule has 0 radical (unpaired) electrons. The minimum absolute atomic E-state index is 0.106. The fourth-order valence-corrected chi connectivity index (χ4v) is 2.14. The molecule has 1 aromatic rings. The van der Waals surface area contributed by atoms with Crippen molar-refractivity contribution >= 4 is 11.6 Å². The number of carbonyl (C=O) groups is 1. The van der Waals surface area contributed by atoms with Crippen molar-refractivity contribution in [3.63, 3.8) is 0 Å². The van der Waals surface area contributed by atoms with Gasteiger partial charge in [-0.25, -0.2) is 4.39 Å². The molecule has 1 heterocycles. The SMILES string of the molecule is CCN1CCN(C(=O)c2ccc(N)cc2F)CC1. The molecule has 98 valence electrons. The van der Waals surface area contributed by atoms with Crippen molar-refractivity contribution in [1.29, 1.82) is 0 Å². The van der Waals surface area contributed by atoms with Gasteiger partial charge >= 0.3 is 0 Å². The Morgan fingerprint density at radius 3 is 2.56 bits per heavy atom. The van der Waals surface area contributed by atoms with Crippen molar-refractivity contribution in [3.05, 3.63) is 29.6 Å². The first-order chi connectivity index (χ1) is 8.61. The van der Waals surface area contributed by atoms with Crippen LogP contribution >= 0.6 is 0 Å². The lowest BCUT2D eigenvalue weighted by molar-refractivity contribution is 0.0639. The van der Waals surface area contributed by atoms with E-state index in [1.165, 1.54) is 12.1 Å². The van der Waals surface area contributed by atoms with Crippen molar-refractivity contribution in [2.45, 2.75) is 6.92 Å². The summed E-state index contributed by atoms with van der Waals surface area (Å²) in [5, 5.41) is 0. The Morgan fingerprint density at radius 2 is 2.00 bits per heavy atom. The maximum absolute atomic E-state index is 13.7. The number of carbonyl (C=O) groups excluding carboxylic acids is 1. The lowest BCUT2D eigenvalue weighted by atomic mass is 10.1. The zero-order valence-electron chi connectivity index (χ0n) is 10.5. The molecular formula is C13H18FN3O. The first kappa shape index (κ1) is 12.8. The summed E-state index contributed by atoms with van der Waals surface area (Å²) in [6, 6.07) is 4.20. The molecule has 1 aliphatic heterocycles. The Bertz CT molecular complexity index is 442. The molecular weight excluding hydrogens is 233 g/mol. The van der Waals surface area contributed by atoms with E-state index in [0.29, 0.717) is 18.8 Å². The van der Waals surface area contributed by atoms with E-state index in [1.807, 2.05) is 0 Å². The summed E-state index contributed by atoms with van der Waals surface area (Å²) in [7, 11) is 0. The van der Waals surface area contributed by atoms with Gasteiger partial charge in [0, 0.05) is 31.9 Å². The lowest BCUT2D eigenvalue weighted by Gasteiger charge is -2.34. The van der Waals surface area contributed by atoms with E-state index >= 15 is 0 Å². The standard InChI is InChI=1S/C13H18FN3O/c1-2-16-5-7-17(8-6-16)13(18)11-4-3-10(15)9-12(11)14/h3-4,9H,2,5-8,15H2,1H3. The molecule has 2 N–H and O–H groups in total. The first-order valence-corrected chi connectivity index (χ1v) is 6.18. The van der Waals surface area contributed by atoms with Gasteiger partial charge in [0.15, 0.2) is 0 Å². The summed E-state index contributed by atoms with van der Waals surface area (Å²) >= 11 is 0. The number of rotatable bonds is 2. The molecule has 0 unspecified atom stereocenters. The highest BCUT2D eigenvalue weighted by molar-refractivity contribution is 5.94. The molecule has 0 aromatic heterocycles. The number of benzene rings is 1. The molecule has 0 atom stereocenters. The monoisotopic (exact) mass is 251 g/mol. The van der Waals surface area contributed by atoms with Crippen LogP contribution in [0.4, 0.5) is 10.1 Å². The van der Waals surface area contributed by atoms with Gasteiger partial charge in [-0.3, -0.25) is 4.79 Å². The van der Waals surface area contributed by atoms with Crippen LogP contribution in [0.25, 0.3) is 0 Å². The molecule has 5 heteroatoms. The maximum Gasteiger partial charge on any atom is 0.256 e. The normalized spacial score (nSPS) is 16.9. The zero-order valence-corrected chi connectivity index (χ0v) is 10.5. The zero-order chi connectivity index (χ0) is 13.1.